The van der Waals surface area contributed by atoms with Crippen molar-refractivity contribution in [1.82, 2.24) is 9.80 Å². The van der Waals surface area contributed by atoms with Gasteiger partial charge in [0.05, 0.1) is 23.0 Å². The first kappa shape index (κ1) is 22.0. The van der Waals surface area contributed by atoms with Crippen LogP contribution in [0, 0.1) is 5.82 Å². The van der Waals surface area contributed by atoms with Crippen LogP contribution in [0.2, 0.25) is 0 Å². The van der Waals surface area contributed by atoms with Crippen LogP contribution in [0.15, 0.2) is 29.3 Å². The molecule has 2 aliphatic heterocycles. The lowest BCUT2D eigenvalue weighted by Crippen LogP contribution is -2.54. The minimum absolute atomic E-state index is 0.0578. The van der Waals surface area contributed by atoms with Crippen LogP contribution < -0.4 is 5.32 Å². The number of benzene rings is 1. The van der Waals surface area contributed by atoms with Crippen molar-refractivity contribution < 1.29 is 22.3 Å². The number of amidine groups is 1. The van der Waals surface area contributed by atoms with E-state index in [1.165, 1.54) is 12.1 Å². The average molecular weight is 457 g/mol. The van der Waals surface area contributed by atoms with Crippen molar-refractivity contribution in [2.24, 2.45) is 4.99 Å². The van der Waals surface area contributed by atoms with Gasteiger partial charge in [-0.25, -0.2) is 9.38 Å². The highest BCUT2D eigenvalue weighted by molar-refractivity contribution is 7.16. The molecule has 5 nitrogen and oxygen atoms in total. The Labute approximate surface area is 182 Å². The minimum atomic E-state index is -4.47. The monoisotopic (exact) mass is 456 g/mol. The van der Waals surface area contributed by atoms with Gasteiger partial charge in [-0.05, 0) is 44.7 Å². The zero-order chi connectivity index (χ0) is 22.3. The van der Waals surface area contributed by atoms with Crippen LogP contribution in [-0.4, -0.2) is 61.6 Å². The number of fused-ring (bicyclic) bond motifs is 2. The topological polar surface area (TPSA) is 40.1 Å². The summed E-state index contributed by atoms with van der Waals surface area (Å²) in [6.45, 7) is 3.98. The number of alkyl halides is 3. The maximum Gasteiger partial charge on any atom is 0.425 e. The minimum Gasteiger partial charge on any atom is -0.382 e. The van der Waals surface area contributed by atoms with E-state index in [-0.39, 0.29) is 12.1 Å². The summed E-state index contributed by atoms with van der Waals surface area (Å²) in [5, 5.41) is 3.29. The maximum atomic E-state index is 13.8. The highest BCUT2D eigenvalue weighted by Crippen LogP contribution is 2.44. The summed E-state index contributed by atoms with van der Waals surface area (Å²) in [4.78, 5) is 8.25. The summed E-state index contributed by atoms with van der Waals surface area (Å²) >= 11 is 0.612. The molecule has 0 bridgehead atoms. The number of anilines is 2. The molecule has 1 fully saturated rings. The molecule has 1 aromatic carbocycles. The second-order valence-corrected chi connectivity index (χ2v) is 8.99. The average Bonchev–Trinajstić information content (AvgIpc) is 3.07. The third-order valence-corrected chi connectivity index (χ3v) is 6.86. The summed E-state index contributed by atoms with van der Waals surface area (Å²) in [6, 6.07) is 5.40. The quantitative estimate of drug-likeness (QED) is 0.654. The van der Waals surface area contributed by atoms with Crippen molar-refractivity contribution in [2.45, 2.75) is 31.7 Å². The van der Waals surface area contributed by atoms with Gasteiger partial charge in [-0.15, -0.1) is 11.3 Å². The van der Waals surface area contributed by atoms with Crippen LogP contribution in [-0.2, 0) is 10.9 Å². The van der Waals surface area contributed by atoms with E-state index in [2.05, 4.69) is 10.2 Å². The molecule has 1 N–H and O–H groups in total. The molecule has 0 aliphatic carbocycles. The molecule has 0 spiro atoms. The Morgan fingerprint density at radius 1 is 1.29 bits per heavy atom. The van der Waals surface area contributed by atoms with E-state index in [1.807, 2.05) is 18.9 Å². The van der Waals surface area contributed by atoms with E-state index in [9.17, 15) is 17.6 Å². The first-order chi connectivity index (χ1) is 14.7. The Kier molecular flexibility index (Phi) is 5.97. The lowest BCUT2D eigenvalue weighted by Gasteiger charge is -2.41. The smallest absolute Gasteiger partial charge is 0.382 e. The van der Waals surface area contributed by atoms with Gasteiger partial charge in [0.1, 0.15) is 21.5 Å². The molecule has 168 valence electrons. The summed E-state index contributed by atoms with van der Waals surface area (Å²) in [6.07, 6.45) is -3.61. The van der Waals surface area contributed by atoms with Gasteiger partial charge in [-0.3, -0.25) is 4.90 Å². The van der Waals surface area contributed by atoms with Crippen LogP contribution in [0.25, 0.3) is 0 Å². The molecule has 1 unspecified atom stereocenters. The van der Waals surface area contributed by atoms with E-state index in [0.717, 1.165) is 19.0 Å². The zero-order valence-electron chi connectivity index (χ0n) is 17.5. The lowest BCUT2D eigenvalue weighted by atomic mass is 10.0. The number of ether oxygens (including phenoxy) is 1. The van der Waals surface area contributed by atoms with Crippen molar-refractivity contribution in [2.75, 3.05) is 39.1 Å². The standard InChI is InChI=1S/C21H24F4N4OS/c1-12(30-3)8-14-11-29(7-6-28(14)2)19-15-10-18(21(23,24)25)31-20(15)27-17-9-13(22)4-5-16(17)26-19/h4-5,9-10,12,14,27H,6-8,11H2,1-3H3/t12?,14-/m0/s1. The predicted molar refractivity (Wildman–Crippen MR) is 114 cm³/mol. The molecule has 0 saturated carbocycles. The number of rotatable bonds is 3. The highest BCUT2D eigenvalue weighted by atomic mass is 32.1. The van der Waals surface area contributed by atoms with Gasteiger partial charge in [-0.2, -0.15) is 13.2 Å². The number of methoxy groups -OCH3 is 1. The fourth-order valence-corrected chi connectivity index (χ4v) is 4.84. The zero-order valence-corrected chi connectivity index (χ0v) is 18.3. The molecule has 10 heteroatoms. The molecule has 1 saturated heterocycles. The van der Waals surface area contributed by atoms with E-state index < -0.39 is 16.9 Å². The van der Waals surface area contributed by atoms with Crippen LogP contribution in [0.3, 0.4) is 0 Å². The second kappa shape index (κ2) is 8.40. The van der Waals surface area contributed by atoms with E-state index in [0.29, 0.717) is 52.2 Å². The van der Waals surface area contributed by atoms with Crippen LogP contribution in [0.1, 0.15) is 23.8 Å². The van der Waals surface area contributed by atoms with E-state index in [4.69, 9.17) is 9.73 Å². The van der Waals surface area contributed by atoms with Gasteiger partial charge >= 0.3 is 6.18 Å². The first-order valence-electron chi connectivity index (χ1n) is 10.0. The number of aliphatic imine (C=N–C) groups is 1. The molecule has 4 rings (SSSR count). The number of nitrogens with zero attached hydrogens (tertiary/aromatic N) is 3. The van der Waals surface area contributed by atoms with Crippen molar-refractivity contribution in [3.05, 3.63) is 40.5 Å². The first-order valence-corrected chi connectivity index (χ1v) is 10.8. The van der Waals surface area contributed by atoms with E-state index >= 15 is 0 Å². The third-order valence-electron chi connectivity index (χ3n) is 5.77. The summed E-state index contributed by atoms with van der Waals surface area (Å²) in [5.74, 6) is -0.00459. The predicted octanol–water partition coefficient (Wildman–Crippen LogP) is 5.08. The van der Waals surface area contributed by atoms with Crippen LogP contribution in [0.4, 0.5) is 33.9 Å². The normalized spacial score (nSPS) is 20.4. The van der Waals surface area contributed by atoms with Crippen molar-refractivity contribution in [3.8, 4) is 0 Å². The summed E-state index contributed by atoms with van der Waals surface area (Å²) in [7, 11) is 3.70. The fourth-order valence-electron chi connectivity index (χ4n) is 3.91. The van der Waals surface area contributed by atoms with Crippen LogP contribution in [0.5, 0.6) is 0 Å². The van der Waals surface area contributed by atoms with Crippen molar-refractivity contribution in [3.63, 3.8) is 0 Å². The maximum absolute atomic E-state index is 13.8. The van der Waals surface area contributed by atoms with Crippen molar-refractivity contribution >= 4 is 33.5 Å². The second-order valence-electron chi connectivity index (χ2n) is 7.94. The molecule has 31 heavy (non-hydrogen) atoms. The van der Waals surface area contributed by atoms with Gasteiger partial charge in [0.2, 0.25) is 0 Å². The van der Waals surface area contributed by atoms with Gasteiger partial charge in [-0.1, -0.05) is 0 Å². The van der Waals surface area contributed by atoms with Crippen LogP contribution >= 0.6 is 11.3 Å². The number of likely N-dealkylation sites (N-methyl/N-ethyl adjacent to an activating group) is 1. The Balaban J connectivity index is 1.75. The fraction of sp³-hybridized carbons (Fsp3) is 0.476. The third kappa shape index (κ3) is 4.56. The largest absolute Gasteiger partial charge is 0.425 e. The molecule has 1 aromatic heterocycles. The molecule has 2 aromatic rings. The number of hydrogen-bond donors (Lipinski definition) is 1. The van der Waals surface area contributed by atoms with Crippen molar-refractivity contribution in [1.29, 1.82) is 0 Å². The number of piperazine rings is 1. The Bertz CT molecular complexity index is 990. The summed E-state index contributed by atoms with van der Waals surface area (Å²) in [5.41, 5.74) is 1.23. The van der Waals surface area contributed by atoms with Gasteiger partial charge < -0.3 is 15.0 Å². The van der Waals surface area contributed by atoms with Gasteiger partial charge in [0, 0.05) is 32.8 Å². The van der Waals surface area contributed by atoms with E-state index in [1.54, 1.807) is 13.2 Å². The molecule has 3 heterocycles. The molecule has 0 radical (unpaired) electrons. The molecule has 2 atom stereocenters. The number of nitrogens with one attached hydrogen (secondary N) is 1. The van der Waals surface area contributed by atoms with Gasteiger partial charge in [0.15, 0.2) is 0 Å². The number of thiophene rings is 1. The Morgan fingerprint density at radius 2 is 2.06 bits per heavy atom. The Morgan fingerprint density at radius 3 is 2.77 bits per heavy atom. The lowest BCUT2D eigenvalue weighted by molar-refractivity contribution is -0.134. The Hall–Kier alpha value is -2.17. The molecule has 2 aliphatic rings. The SMILES string of the molecule is COC(C)C[C@H]1CN(C2=Nc3ccc(F)cc3Nc3sc(C(F)(F)F)cc32)CCN1C. The summed E-state index contributed by atoms with van der Waals surface area (Å²) < 4.78 is 59.6. The molecular formula is C21H24F4N4OS. The molecule has 0 amide bonds. The number of hydrogen-bond acceptors (Lipinski definition) is 6. The van der Waals surface area contributed by atoms with Gasteiger partial charge in [0.25, 0.3) is 0 Å². The number of halogens is 4. The molecular weight excluding hydrogens is 432 g/mol. The highest BCUT2D eigenvalue weighted by Gasteiger charge is 2.37.